The van der Waals surface area contributed by atoms with E-state index in [-0.39, 0.29) is 12.6 Å². The van der Waals surface area contributed by atoms with Crippen molar-refractivity contribution in [3.8, 4) is 11.5 Å². The van der Waals surface area contributed by atoms with Gasteiger partial charge in [0.2, 0.25) is 0 Å². The molecule has 3 rings (SSSR count). The smallest absolute Gasteiger partial charge is 0.338 e. The summed E-state index contributed by atoms with van der Waals surface area (Å²) in [6, 6.07) is 5.46. The zero-order valence-corrected chi connectivity index (χ0v) is 13.5. The Morgan fingerprint density at radius 3 is 2.87 bits per heavy atom. The van der Waals surface area contributed by atoms with Crippen molar-refractivity contribution in [3.63, 3.8) is 0 Å². The predicted molar refractivity (Wildman–Crippen MR) is 84.1 cm³/mol. The number of fused-ring (bicyclic) bond motifs is 1. The highest BCUT2D eigenvalue weighted by atomic mass is 16.7. The van der Waals surface area contributed by atoms with E-state index >= 15 is 0 Å². The van der Waals surface area contributed by atoms with E-state index in [1.54, 1.807) is 6.08 Å². The summed E-state index contributed by atoms with van der Waals surface area (Å²) in [5, 5.41) is 3.07. The van der Waals surface area contributed by atoms with Crippen molar-refractivity contribution in [2.75, 3.05) is 19.8 Å². The van der Waals surface area contributed by atoms with Gasteiger partial charge in [-0.15, -0.1) is 0 Å². The molecular weight excluding hydrogens is 298 g/mol. The van der Waals surface area contributed by atoms with Gasteiger partial charge in [0, 0.05) is 12.1 Å². The molecule has 0 amide bonds. The van der Waals surface area contributed by atoms with Gasteiger partial charge in [0.25, 0.3) is 6.41 Å². The molecule has 0 saturated carbocycles. The lowest BCUT2D eigenvalue weighted by Gasteiger charge is -2.23. The van der Waals surface area contributed by atoms with Crippen LogP contribution in [0.25, 0.3) is 6.08 Å². The first-order valence-electron chi connectivity index (χ1n) is 7.63. The molecule has 0 aromatic heterocycles. The van der Waals surface area contributed by atoms with Crippen LogP contribution in [-0.2, 0) is 14.3 Å². The van der Waals surface area contributed by atoms with E-state index in [1.165, 1.54) is 0 Å². The average molecular weight is 319 g/mol. The van der Waals surface area contributed by atoms with Crippen molar-refractivity contribution in [1.29, 1.82) is 0 Å². The van der Waals surface area contributed by atoms with Gasteiger partial charge < -0.3 is 18.9 Å². The first kappa shape index (κ1) is 15.8. The zero-order chi connectivity index (χ0) is 16.4. The van der Waals surface area contributed by atoms with Crippen molar-refractivity contribution < 1.29 is 23.7 Å². The van der Waals surface area contributed by atoms with Crippen LogP contribution in [0.15, 0.2) is 23.8 Å². The first-order chi connectivity index (χ1) is 10.9. The molecule has 0 spiro atoms. The Hall–Kier alpha value is -2.05. The van der Waals surface area contributed by atoms with Crippen LogP contribution in [0.3, 0.4) is 0 Å². The van der Waals surface area contributed by atoms with Crippen LogP contribution >= 0.6 is 0 Å². The molecule has 6 nitrogen and oxygen atoms in total. The lowest BCUT2D eigenvalue weighted by molar-refractivity contribution is -0.150. The minimum Gasteiger partial charge on any atom is -0.488 e. The molecule has 2 aliphatic rings. The maximum atomic E-state index is 12.2. The average Bonchev–Trinajstić information content (AvgIpc) is 2.97. The second-order valence-corrected chi connectivity index (χ2v) is 6.43. The van der Waals surface area contributed by atoms with Gasteiger partial charge in [-0.3, -0.25) is 5.32 Å². The third-order valence-corrected chi connectivity index (χ3v) is 3.28. The summed E-state index contributed by atoms with van der Waals surface area (Å²) in [7, 11) is 0. The van der Waals surface area contributed by atoms with Crippen LogP contribution in [-0.4, -0.2) is 37.7 Å². The van der Waals surface area contributed by atoms with Crippen LogP contribution in [0.4, 0.5) is 0 Å². The highest BCUT2D eigenvalue weighted by molar-refractivity contribution is 5.95. The SMILES string of the molecule is CC(C)(C)OC(=O)C1=Cc2cc(OC3NCCO3)ccc2OC1. The summed E-state index contributed by atoms with van der Waals surface area (Å²) in [5.74, 6) is 0.994. The summed E-state index contributed by atoms with van der Waals surface area (Å²) < 4.78 is 22.1. The Labute approximate surface area is 135 Å². The fraction of sp³-hybridized carbons (Fsp3) is 0.471. The Kier molecular flexibility index (Phi) is 4.28. The second-order valence-electron chi connectivity index (χ2n) is 6.43. The number of esters is 1. The minimum absolute atomic E-state index is 0.204. The third kappa shape index (κ3) is 4.03. The number of ether oxygens (including phenoxy) is 4. The summed E-state index contributed by atoms with van der Waals surface area (Å²) in [6.45, 7) is 7.11. The molecule has 1 N–H and O–H groups in total. The van der Waals surface area contributed by atoms with Gasteiger partial charge in [-0.2, -0.15) is 0 Å². The molecule has 6 heteroatoms. The molecular formula is C17H21NO5. The fourth-order valence-electron chi connectivity index (χ4n) is 2.29. The number of nitrogens with one attached hydrogen (secondary N) is 1. The maximum Gasteiger partial charge on any atom is 0.338 e. The lowest BCUT2D eigenvalue weighted by atomic mass is 10.1. The van der Waals surface area contributed by atoms with Crippen molar-refractivity contribution in [2.45, 2.75) is 32.8 Å². The lowest BCUT2D eigenvalue weighted by Crippen LogP contribution is -2.29. The monoisotopic (exact) mass is 319 g/mol. The van der Waals surface area contributed by atoms with Crippen LogP contribution in [0, 0.1) is 0 Å². The van der Waals surface area contributed by atoms with Gasteiger partial charge in [0.15, 0.2) is 0 Å². The van der Waals surface area contributed by atoms with Crippen molar-refractivity contribution in [2.24, 2.45) is 0 Å². The molecule has 1 fully saturated rings. The number of carbonyl (C=O) groups is 1. The highest BCUT2D eigenvalue weighted by Crippen LogP contribution is 2.31. The second kappa shape index (κ2) is 6.22. The van der Waals surface area contributed by atoms with Gasteiger partial charge in [-0.05, 0) is 45.0 Å². The maximum absolute atomic E-state index is 12.2. The largest absolute Gasteiger partial charge is 0.488 e. The van der Waals surface area contributed by atoms with Crippen molar-refractivity contribution in [3.05, 3.63) is 29.3 Å². The van der Waals surface area contributed by atoms with Gasteiger partial charge in [0.05, 0.1) is 12.2 Å². The standard InChI is InChI=1S/C17H21NO5/c1-17(2,3)23-15(19)12-8-11-9-13(4-5-14(11)21-10-12)22-16-18-6-7-20-16/h4-5,8-9,16,18H,6-7,10H2,1-3H3. The van der Waals surface area contributed by atoms with E-state index in [4.69, 9.17) is 18.9 Å². The third-order valence-electron chi connectivity index (χ3n) is 3.28. The van der Waals surface area contributed by atoms with Crippen LogP contribution in [0.5, 0.6) is 11.5 Å². The van der Waals surface area contributed by atoms with Crippen molar-refractivity contribution >= 4 is 12.0 Å². The van der Waals surface area contributed by atoms with E-state index in [2.05, 4.69) is 5.32 Å². The van der Waals surface area contributed by atoms with E-state index in [9.17, 15) is 4.79 Å². The molecule has 0 radical (unpaired) electrons. The van der Waals surface area contributed by atoms with E-state index in [0.29, 0.717) is 23.7 Å². The quantitative estimate of drug-likeness (QED) is 0.861. The predicted octanol–water partition coefficient (Wildman–Crippen LogP) is 2.09. The minimum atomic E-state index is -0.533. The Bertz CT molecular complexity index is 626. The first-order valence-corrected chi connectivity index (χ1v) is 7.63. The summed E-state index contributed by atoms with van der Waals surface area (Å²) in [4.78, 5) is 12.2. The number of hydrogen-bond donors (Lipinski definition) is 1. The molecule has 124 valence electrons. The molecule has 1 aromatic carbocycles. The molecule has 1 saturated heterocycles. The zero-order valence-electron chi connectivity index (χ0n) is 13.5. The Morgan fingerprint density at radius 1 is 1.35 bits per heavy atom. The molecule has 1 unspecified atom stereocenters. The molecule has 23 heavy (non-hydrogen) atoms. The van der Waals surface area contributed by atoms with Crippen molar-refractivity contribution in [1.82, 2.24) is 5.32 Å². The molecule has 1 atom stereocenters. The Morgan fingerprint density at radius 2 is 2.17 bits per heavy atom. The molecule has 2 aliphatic heterocycles. The summed E-state index contributed by atoms with van der Waals surface area (Å²) in [5.41, 5.74) is 0.738. The van der Waals surface area contributed by atoms with Crippen LogP contribution in [0.1, 0.15) is 26.3 Å². The van der Waals surface area contributed by atoms with E-state index < -0.39 is 12.0 Å². The Balaban J connectivity index is 1.76. The van der Waals surface area contributed by atoms with Gasteiger partial charge in [-0.1, -0.05) is 0 Å². The molecule has 1 aromatic rings. The van der Waals surface area contributed by atoms with Gasteiger partial charge in [0.1, 0.15) is 23.7 Å². The van der Waals surface area contributed by atoms with Gasteiger partial charge in [-0.25, -0.2) is 4.79 Å². The van der Waals surface area contributed by atoms with Crippen LogP contribution < -0.4 is 14.8 Å². The number of carbonyl (C=O) groups excluding carboxylic acids is 1. The highest BCUT2D eigenvalue weighted by Gasteiger charge is 2.24. The molecule has 0 bridgehead atoms. The normalized spacial score (nSPS) is 20.3. The summed E-state index contributed by atoms with van der Waals surface area (Å²) in [6.07, 6.45) is 1.34. The van der Waals surface area contributed by atoms with E-state index in [1.807, 2.05) is 39.0 Å². The number of rotatable bonds is 3. The topological polar surface area (TPSA) is 66.0 Å². The molecule has 2 heterocycles. The number of hydrogen-bond acceptors (Lipinski definition) is 6. The fourth-order valence-corrected chi connectivity index (χ4v) is 2.29. The van der Waals surface area contributed by atoms with Gasteiger partial charge >= 0.3 is 5.97 Å². The van der Waals surface area contributed by atoms with E-state index in [0.717, 1.165) is 12.1 Å². The number of benzene rings is 1. The van der Waals surface area contributed by atoms with Crippen LogP contribution in [0.2, 0.25) is 0 Å². The summed E-state index contributed by atoms with van der Waals surface area (Å²) >= 11 is 0. The molecule has 0 aliphatic carbocycles.